The maximum atomic E-state index is 4.25. The average molecular weight is 214 g/mol. The normalized spacial score (nSPS) is 16.1. The van der Waals surface area contributed by atoms with E-state index in [4.69, 9.17) is 0 Å². The second kappa shape index (κ2) is 3.72. The molecule has 3 rings (SSSR count). The van der Waals surface area contributed by atoms with Gasteiger partial charge in [0.2, 0.25) is 0 Å². The number of benzene rings is 1. The molecule has 4 heteroatoms. The molecule has 0 saturated carbocycles. The Balaban J connectivity index is 2.04. The van der Waals surface area contributed by atoms with Crippen LogP contribution in [0.3, 0.4) is 0 Å². The van der Waals surface area contributed by atoms with E-state index in [-0.39, 0.29) is 0 Å². The molecule has 0 spiro atoms. The van der Waals surface area contributed by atoms with Crippen molar-refractivity contribution in [2.24, 2.45) is 0 Å². The Bertz CT molecular complexity index is 489. The lowest BCUT2D eigenvalue weighted by Crippen LogP contribution is -2.27. The minimum Gasteiger partial charge on any atom is -0.300 e. The van der Waals surface area contributed by atoms with Gasteiger partial charge in [0, 0.05) is 19.5 Å². The van der Waals surface area contributed by atoms with Crippen molar-refractivity contribution in [3.05, 3.63) is 41.7 Å². The summed E-state index contributed by atoms with van der Waals surface area (Å²) in [5, 5.41) is 8.50. The standard InChI is InChI=1S/C12H14N4/c1-15-8-7-12-11(9-15)13-14-16(12)10-5-3-2-4-6-10/h2-6H,7-9H2,1H3. The van der Waals surface area contributed by atoms with Crippen LogP contribution in [-0.2, 0) is 13.0 Å². The molecule has 0 saturated heterocycles. The van der Waals surface area contributed by atoms with Crippen LogP contribution in [0.15, 0.2) is 30.3 Å². The number of para-hydroxylation sites is 1. The summed E-state index contributed by atoms with van der Waals surface area (Å²) in [5.41, 5.74) is 3.46. The number of hydrogen-bond donors (Lipinski definition) is 0. The highest BCUT2D eigenvalue weighted by atomic mass is 15.4. The molecule has 0 fully saturated rings. The Labute approximate surface area is 94.5 Å². The van der Waals surface area contributed by atoms with Crippen LogP contribution in [0.1, 0.15) is 11.4 Å². The van der Waals surface area contributed by atoms with E-state index in [0.29, 0.717) is 0 Å². The maximum absolute atomic E-state index is 4.25. The second-order valence-corrected chi connectivity index (χ2v) is 4.22. The molecule has 0 radical (unpaired) electrons. The Morgan fingerprint density at radius 1 is 1.19 bits per heavy atom. The molecule has 16 heavy (non-hydrogen) atoms. The number of aromatic nitrogens is 3. The lowest BCUT2D eigenvalue weighted by atomic mass is 10.1. The van der Waals surface area contributed by atoms with E-state index < -0.39 is 0 Å². The first-order valence-electron chi connectivity index (χ1n) is 5.52. The van der Waals surface area contributed by atoms with E-state index in [9.17, 15) is 0 Å². The molecule has 4 nitrogen and oxygen atoms in total. The van der Waals surface area contributed by atoms with Crippen LogP contribution in [-0.4, -0.2) is 33.5 Å². The lowest BCUT2D eigenvalue weighted by Gasteiger charge is -2.21. The van der Waals surface area contributed by atoms with Crippen LogP contribution < -0.4 is 0 Å². The van der Waals surface area contributed by atoms with Crippen molar-refractivity contribution in [3.8, 4) is 5.69 Å². The van der Waals surface area contributed by atoms with E-state index in [1.165, 1.54) is 5.69 Å². The highest BCUT2D eigenvalue weighted by Gasteiger charge is 2.20. The number of rotatable bonds is 1. The predicted molar refractivity (Wildman–Crippen MR) is 61.4 cm³/mol. The first-order chi connectivity index (χ1) is 7.84. The number of likely N-dealkylation sites (N-methyl/N-ethyl adjacent to an activating group) is 1. The smallest absolute Gasteiger partial charge is 0.100 e. The summed E-state index contributed by atoms with van der Waals surface area (Å²) in [6.07, 6.45) is 1.02. The molecule has 0 unspecified atom stereocenters. The summed E-state index contributed by atoms with van der Waals surface area (Å²) in [5.74, 6) is 0. The zero-order valence-electron chi connectivity index (χ0n) is 9.30. The lowest BCUT2D eigenvalue weighted by molar-refractivity contribution is 0.306. The third kappa shape index (κ3) is 1.51. The zero-order chi connectivity index (χ0) is 11.0. The number of hydrogen-bond acceptors (Lipinski definition) is 3. The van der Waals surface area contributed by atoms with Crippen LogP contribution >= 0.6 is 0 Å². The maximum Gasteiger partial charge on any atom is 0.100 e. The van der Waals surface area contributed by atoms with Crippen LogP contribution in [0.25, 0.3) is 5.69 Å². The molecule has 1 aromatic carbocycles. The molecule has 0 amide bonds. The molecule has 1 aliphatic rings. The molecule has 0 N–H and O–H groups in total. The van der Waals surface area contributed by atoms with Crippen molar-refractivity contribution in [2.45, 2.75) is 13.0 Å². The predicted octanol–water partition coefficient (Wildman–Crippen LogP) is 1.26. The summed E-state index contributed by atoms with van der Waals surface area (Å²) >= 11 is 0. The van der Waals surface area contributed by atoms with E-state index >= 15 is 0 Å². The Morgan fingerprint density at radius 3 is 2.81 bits per heavy atom. The van der Waals surface area contributed by atoms with Gasteiger partial charge in [-0.3, -0.25) is 0 Å². The van der Waals surface area contributed by atoms with Gasteiger partial charge < -0.3 is 4.90 Å². The van der Waals surface area contributed by atoms with Gasteiger partial charge in [0.25, 0.3) is 0 Å². The van der Waals surface area contributed by atoms with Gasteiger partial charge in [-0.05, 0) is 19.2 Å². The topological polar surface area (TPSA) is 34.0 Å². The Kier molecular flexibility index (Phi) is 2.22. The average Bonchev–Trinajstić information content (AvgIpc) is 2.73. The van der Waals surface area contributed by atoms with Crippen molar-refractivity contribution >= 4 is 0 Å². The van der Waals surface area contributed by atoms with Crippen molar-refractivity contribution in [2.75, 3.05) is 13.6 Å². The van der Waals surface area contributed by atoms with Gasteiger partial charge in [-0.15, -0.1) is 5.10 Å². The fourth-order valence-corrected chi connectivity index (χ4v) is 2.11. The van der Waals surface area contributed by atoms with Gasteiger partial charge in [0.05, 0.1) is 11.4 Å². The minimum absolute atomic E-state index is 0.905. The van der Waals surface area contributed by atoms with E-state index in [2.05, 4.69) is 34.4 Å². The van der Waals surface area contributed by atoms with Crippen molar-refractivity contribution in [1.29, 1.82) is 0 Å². The third-order valence-corrected chi connectivity index (χ3v) is 2.99. The zero-order valence-corrected chi connectivity index (χ0v) is 9.30. The number of fused-ring (bicyclic) bond motifs is 1. The SMILES string of the molecule is CN1CCc2c(nnn2-c2ccccc2)C1. The molecular weight excluding hydrogens is 200 g/mol. The molecule has 0 aliphatic carbocycles. The van der Waals surface area contributed by atoms with E-state index in [1.54, 1.807) is 0 Å². The summed E-state index contributed by atoms with van der Waals surface area (Å²) in [6, 6.07) is 10.2. The van der Waals surface area contributed by atoms with Gasteiger partial charge in [-0.2, -0.15) is 0 Å². The largest absolute Gasteiger partial charge is 0.300 e. The van der Waals surface area contributed by atoms with Gasteiger partial charge in [-0.25, -0.2) is 4.68 Å². The molecule has 1 aliphatic heterocycles. The molecule has 82 valence electrons. The van der Waals surface area contributed by atoms with Gasteiger partial charge in [-0.1, -0.05) is 23.4 Å². The van der Waals surface area contributed by atoms with Crippen LogP contribution in [0.5, 0.6) is 0 Å². The molecule has 2 aromatic rings. The van der Waals surface area contributed by atoms with Crippen LogP contribution in [0, 0.1) is 0 Å². The highest BCUT2D eigenvalue weighted by Crippen LogP contribution is 2.18. The van der Waals surface area contributed by atoms with Gasteiger partial charge >= 0.3 is 0 Å². The molecule has 1 aromatic heterocycles. The summed E-state index contributed by atoms with van der Waals surface area (Å²) in [4.78, 5) is 2.27. The van der Waals surface area contributed by atoms with Crippen molar-refractivity contribution < 1.29 is 0 Å². The molecular formula is C12H14N4. The first-order valence-corrected chi connectivity index (χ1v) is 5.52. The van der Waals surface area contributed by atoms with Crippen molar-refractivity contribution in [3.63, 3.8) is 0 Å². The Hall–Kier alpha value is -1.68. The fraction of sp³-hybridized carbons (Fsp3) is 0.333. The third-order valence-electron chi connectivity index (χ3n) is 2.99. The highest BCUT2D eigenvalue weighted by molar-refractivity contribution is 5.33. The minimum atomic E-state index is 0.905. The first kappa shape index (κ1) is 9.54. The van der Waals surface area contributed by atoms with Crippen molar-refractivity contribution in [1.82, 2.24) is 19.9 Å². The summed E-state index contributed by atoms with van der Waals surface area (Å²) in [7, 11) is 2.12. The molecule has 0 atom stereocenters. The summed E-state index contributed by atoms with van der Waals surface area (Å²) in [6.45, 7) is 1.98. The number of nitrogens with zero attached hydrogens (tertiary/aromatic N) is 4. The summed E-state index contributed by atoms with van der Waals surface area (Å²) < 4.78 is 1.96. The molecule has 2 heterocycles. The van der Waals surface area contributed by atoms with Crippen LogP contribution in [0.2, 0.25) is 0 Å². The van der Waals surface area contributed by atoms with Gasteiger partial charge in [0.1, 0.15) is 5.69 Å². The fourth-order valence-electron chi connectivity index (χ4n) is 2.11. The second-order valence-electron chi connectivity index (χ2n) is 4.22. The monoisotopic (exact) mass is 214 g/mol. The Morgan fingerprint density at radius 2 is 2.00 bits per heavy atom. The van der Waals surface area contributed by atoms with Crippen LogP contribution in [0.4, 0.5) is 0 Å². The molecule has 0 bridgehead atoms. The van der Waals surface area contributed by atoms with Gasteiger partial charge in [0.15, 0.2) is 0 Å². The quantitative estimate of drug-likeness (QED) is 0.716. The van der Waals surface area contributed by atoms with E-state index in [1.807, 2.05) is 22.9 Å². The van der Waals surface area contributed by atoms with E-state index in [0.717, 1.165) is 30.9 Å².